The van der Waals surface area contributed by atoms with Crippen molar-refractivity contribution in [1.29, 1.82) is 0 Å². The number of carbonyl (C=O) groups is 1. The molecule has 3 rings (SSSR count). The molecule has 5 nitrogen and oxygen atoms in total. The summed E-state index contributed by atoms with van der Waals surface area (Å²) in [4.78, 5) is 30.6. The predicted molar refractivity (Wildman–Crippen MR) is 89.3 cm³/mol. The second-order valence-corrected chi connectivity index (χ2v) is 6.26. The molecule has 0 spiro atoms. The summed E-state index contributed by atoms with van der Waals surface area (Å²) in [5.74, 6) is 0.0400. The summed E-state index contributed by atoms with van der Waals surface area (Å²) in [6.45, 7) is 2.05. The topological polar surface area (TPSA) is 56.4 Å². The minimum Gasteiger partial charge on any atom is -0.334 e. The molecule has 0 radical (unpaired) electrons. The number of amides is 1. The fourth-order valence-corrected chi connectivity index (χ4v) is 2.94. The van der Waals surface area contributed by atoms with Crippen LogP contribution >= 0.6 is 0 Å². The molecule has 0 bridgehead atoms. The Morgan fingerprint density at radius 1 is 1.22 bits per heavy atom. The largest absolute Gasteiger partial charge is 0.334 e. The van der Waals surface area contributed by atoms with E-state index in [0.29, 0.717) is 18.7 Å². The summed E-state index contributed by atoms with van der Waals surface area (Å²) < 4.78 is 0. The van der Waals surface area contributed by atoms with Crippen molar-refractivity contribution in [3.8, 4) is 0 Å². The summed E-state index contributed by atoms with van der Waals surface area (Å²) in [5.41, 5.74) is 3.88. The molecular formula is C18H21N3O2. The average molecular weight is 311 g/mol. The fraction of sp³-hybridized carbons (Fsp3) is 0.333. The third kappa shape index (κ3) is 3.51. The number of fused-ring (bicyclic) bond motifs is 1. The number of aromatic amines is 1. The Morgan fingerprint density at radius 2 is 1.96 bits per heavy atom. The van der Waals surface area contributed by atoms with Crippen molar-refractivity contribution in [3.63, 3.8) is 0 Å². The number of H-pyrrole nitrogens is 1. The van der Waals surface area contributed by atoms with Crippen LogP contribution in [-0.4, -0.2) is 41.3 Å². The number of hydrogen-bond donors (Lipinski definition) is 1. The van der Waals surface area contributed by atoms with Gasteiger partial charge in [-0.3, -0.25) is 9.59 Å². The maximum Gasteiger partial charge on any atom is 0.254 e. The van der Waals surface area contributed by atoms with Crippen LogP contribution in [0.15, 0.2) is 41.3 Å². The molecular weight excluding hydrogens is 290 g/mol. The Kier molecular flexibility index (Phi) is 4.30. The highest BCUT2D eigenvalue weighted by molar-refractivity contribution is 5.94. The maximum absolute atomic E-state index is 12.7. The highest BCUT2D eigenvalue weighted by atomic mass is 16.2. The molecule has 0 atom stereocenters. The monoisotopic (exact) mass is 311 g/mol. The zero-order chi connectivity index (χ0) is 16.4. The summed E-state index contributed by atoms with van der Waals surface area (Å²) in [5, 5.41) is 0. The van der Waals surface area contributed by atoms with Gasteiger partial charge in [-0.2, -0.15) is 0 Å². The molecule has 0 saturated carbocycles. The van der Waals surface area contributed by atoms with Gasteiger partial charge in [0.25, 0.3) is 5.91 Å². The van der Waals surface area contributed by atoms with Crippen LogP contribution in [0.25, 0.3) is 0 Å². The molecule has 23 heavy (non-hydrogen) atoms. The van der Waals surface area contributed by atoms with Crippen molar-refractivity contribution in [1.82, 2.24) is 14.8 Å². The minimum absolute atomic E-state index is 0.0400. The van der Waals surface area contributed by atoms with E-state index in [4.69, 9.17) is 0 Å². The quantitative estimate of drug-likeness (QED) is 0.937. The van der Waals surface area contributed by atoms with Crippen molar-refractivity contribution >= 4 is 5.91 Å². The van der Waals surface area contributed by atoms with Crippen molar-refractivity contribution in [2.75, 3.05) is 20.6 Å². The lowest BCUT2D eigenvalue weighted by molar-refractivity contribution is 0.0734. The lowest BCUT2D eigenvalue weighted by atomic mass is 10.0. The first-order valence-corrected chi connectivity index (χ1v) is 7.76. The SMILES string of the molecule is CN(C)Cc1ccc(C(=O)N2CCc3cc(=O)[nH]cc3C2)cc1. The molecule has 1 aliphatic heterocycles. The van der Waals surface area contributed by atoms with Gasteiger partial charge in [-0.15, -0.1) is 0 Å². The number of pyridine rings is 1. The predicted octanol–water partition coefficient (Wildman–Crippen LogP) is 1.63. The van der Waals surface area contributed by atoms with Crippen LogP contribution < -0.4 is 5.56 Å². The molecule has 0 aliphatic carbocycles. The van der Waals surface area contributed by atoms with Crippen molar-refractivity contribution in [2.24, 2.45) is 0 Å². The molecule has 0 fully saturated rings. The van der Waals surface area contributed by atoms with Crippen LogP contribution in [0.5, 0.6) is 0 Å². The molecule has 1 amide bonds. The lowest BCUT2D eigenvalue weighted by Crippen LogP contribution is -2.36. The second kappa shape index (κ2) is 6.38. The van der Waals surface area contributed by atoms with Gasteiger partial charge in [-0.25, -0.2) is 0 Å². The Hall–Kier alpha value is -2.40. The molecule has 2 aromatic rings. The molecule has 1 N–H and O–H groups in total. The van der Waals surface area contributed by atoms with Gasteiger partial charge in [0.15, 0.2) is 0 Å². The van der Waals surface area contributed by atoms with Crippen molar-refractivity contribution < 1.29 is 4.79 Å². The van der Waals surface area contributed by atoms with E-state index in [-0.39, 0.29) is 11.5 Å². The molecule has 0 saturated heterocycles. The van der Waals surface area contributed by atoms with Crippen molar-refractivity contribution in [2.45, 2.75) is 19.5 Å². The highest BCUT2D eigenvalue weighted by Gasteiger charge is 2.22. The number of hydrogen-bond acceptors (Lipinski definition) is 3. The Morgan fingerprint density at radius 3 is 2.65 bits per heavy atom. The summed E-state index contributed by atoms with van der Waals surface area (Å²) in [6.07, 6.45) is 2.45. The third-order valence-electron chi connectivity index (χ3n) is 4.11. The van der Waals surface area contributed by atoms with Gasteiger partial charge in [0.1, 0.15) is 0 Å². The standard InChI is InChI=1S/C18H21N3O2/c1-20(2)11-13-3-5-14(6-4-13)18(23)21-8-7-15-9-17(22)19-10-16(15)12-21/h3-6,9-10H,7-8,11-12H2,1-2H3,(H,19,22). The maximum atomic E-state index is 12.7. The third-order valence-corrected chi connectivity index (χ3v) is 4.11. The van der Waals surface area contributed by atoms with Gasteiger partial charge in [0, 0.05) is 37.5 Å². The molecule has 2 heterocycles. The Balaban J connectivity index is 1.74. The number of nitrogens with zero attached hydrogens (tertiary/aromatic N) is 2. The van der Waals surface area contributed by atoms with Gasteiger partial charge in [-0.1, -0.05) is 12.1 Å². The first-order chi connectivity index (χ1) is 11.0. The van der Waals surface area contributed by atoms with Gasteiger partial charge in [-0.05, 0) is 49.3 Å². The van der Waals surface area contributed by atoms with Crippen molar-refractivity contribution in [3.05, 3.63) is 69.1 Å². The van der Waals surface area contributed by atoms with Crippen LogP contribution in [-0.2, 0) is 19.5 Å². The number of benzene rings is 1. The van der Waals surface area contributed by atoms with Crippen LogP contribution in [0.1, 0.15) is 27.0 Å². The van der Waals surface area contributed by atoms with Gasteiger partial charge in [0.2, 0.25) is 5.56 Å². The van der Waals surface area contributed by atoms with E-state index in [0.717, 1.165) is 24.1 Å². The lowest BCUT2D eigenvalue weighted by Gasteiger charge is -2.28. The molecule has 120 valence electrons. The summed E-state index contributed by atoms with van der Waals surface area (Å²) in [6, 6.07) is 9.42. The first kappa shape index (κ1) is 15.5. The zero-order valence-electron chi connectivity index (χ0n) is 13.5. The Bertz CT molecular complexity index is 763. The van der Waals surface area contributed by atoms with Crippen LogP contribution in [0.3, 0.4) is 0 Å². The van der Waals surface area contributed by atoms with E-state index >= 15 is 0 Å². The van der Waals surface area contributed by atoms with Crippen LogP contribution in [0.2, 0.25) is 0 Å². The molecule has 1 aromatic heterocycles. The van der Waals surface area contributed by atoms with E-state index in [2.05, 4.69) is 9.88 Å². The molecule has 5 heteroatoms. The first-order valence-electron chi connectivity index (χ1n) is 7.76. The number of nitrogens with one attached hydrogen (secondary N) is 1. The number of carbonyl (C=O) groups excluding carboxylic acids is 1. The Labute approximate surface area is 135 Å². The van der Waals surface area contributed by atoms with Gasteiger partial charge in [0.05, 0.1) is 0 Å². The van der Waals surface area contributed by atoms with Gasteiger partial charge >= 0.3 is 0 Å². The van der Waals surface area contributed by atoms with E-state index < -0.39 is 0 Å². The number of rotatable bonds is 3. The fourth-order valence-electron chi connectivity index (χ4n) is 2.94. The molecule has 1 aromatic carbocycles. The number of aromatic nitrogens is 1. The normalized spacial score (nSPS) is 14.0. The van der Waals surface area contributed by atoms with E-state index in [1.807, 2.05) is 43.3 Å². The second-order valence-electron chi connectivity index (χ2n) is 6.26. The summed E-state index contributed by atoms with van der Waals surface area (Å²) in [7, 11) is 4.04. The average Bonchev–Trinajstić information content (AvgIpc) is 2.54. The van der Waals surface area contributed by atoms with E-state index in [1.165, 1.54) is 5.56 Å². The summed E-state index contributed by atoms with van der Waals surface area (Å²) >= 11 is 0. The molecule has 0 unspecified atom stereocenters. The van der Waals surface area contributed by atoms with Gasteiger partial charge < -0.3 is 14.8 Å². The van der Waals surface area contributed by atoms with E-state index in [1.54, 1.807) is 12.3 Å². The van der Waals surface area contributed by atoms with Crippen LogP contribution in [0.4, 0.5) is 0 Å². The smallest absolute Gasteiger partial charge is 0.254 e. The highest BCUT2D eigenvalue weighted by Crippen LogP contribution is 2.19. The van der Waals surface area contributed by atoms with Crippen LogP contribution in [0, 0.1) is 0 Å². The molecule has 1 aliphatic rings. The minimum atomic E-state index is -0.0833. The van der Waals surface area contributed by atoms with E-state index in [9.17, 15) is 9.59 Å². The zero-order valence-corrected chi connectivity index (χ0v) is 13.5.